The maximum atomic E-state index is 13.9. The van der Waals surface area contributed by atoms with E-state index in [4.69, 9.17) is 15.2 Å². The van der Waals surface area contributed by atoms with E-state index in [-0.39, 0.29) is 35.8 Å². The highest BCUT2D eigenvalue weighted by Gasteiger charge is 2.64. The third-order valence-electron chi connectivity index (χ3n) is 8.66. The van der Waals surface area contributed by atoms with Gasteiger partial charge in [-0.1, -0.05) is 0 Å². The number of nitrogens with two attached hydrogens (primary N) is 1. The summed E-state index contributed by atoms with van der Waals surface area (Å²) in [6, 6.07) is 0.107. The van der Waals surface area contributed by atoms with E-state index >= 15 is 0 Å². The van der Waals surface area contributed by atoms with Gasteiger partial charge in [0, 0.05) is 29.2 Å². The van der Waals surface area contributed by atoms with Gasteiger partial charge in [0.15, 0.2) is 11.4 Å². The van der Waals surface area contributed by atoms with Crippen molar-refractivity contribution in [3.8, 4) is 11.5 Å². The number of Topliss-reactive ketones (excluding diaryl/α,β-unsaturated/α-hetero) is 2. The van der Waals surface area contributed by atoms with Crippen molar-refractivity contribution in [3.05, 3.63) is 39.7 Å². The molecule has 0 aromatic heterocycles. The molecule has 39 heavy (non-hydrogen) atoms. The number of likely N-dealkylation sites (N-methyl/N-ethyl adjacent to an activating group) is 2. The topological polar surface area (TPSA) is 183 Å². The van der Waals surface area contributed by atoms with Crippen molar-refractivity contribution in [1.29, 1.82) is 0 Å². The fourth-order valence-corrected chi connectivity index (χ4v) is 6.82. The number of amides is 1. The summed E-state index contributed by atoms with van der Waals surface area (Å²) in [5.74, 6) is -6.46. The molecule has 1 amide bonds. The molecule has 4 aliphatic rings. The molecule has 1 aromatic carbocycles. The number of ketones is 2. The van der Waals surface area contributed by atoms with Crippen molar-refractivity contribution in [2.75, 3.05) is 48.0 Å². The van der Waals surface area contributed by atoms with Gasteiger partial charge in [-0.25, -0.2) is 0 Å². The Bertz CT molecular complexity index is 1350. The molecular weight excluding hydrogens is 510 g/mol. The fourth-order valence-electron chi connectivity index (χ4n) is 6.82. The molecular formula is C27H33N3O9. The predicted octanol–water partition coefficient (Wildman–Crippen LogP) is -0.0243. The van der Waals surface area contributed by atoms with Crippen molar-refractivity contribution in [2.24, 2.45) is 17.6 Å². The van der Waals surface area contributed by atoms with Crippen LogP contribution < -0.4 is 10.5 Å². The zero-order chi connectivity index (χ0) is 28.5. The standard InChI is InChI=1S/C27H33N3O9/c1-29(2)20-14-8-11-7-13-18(16(31)9-12(23(13)38-4)15-10-39-6-5-30(15)3)21(32)17(11)24(34)27(14,37)25(35)19(22(20)33)26(28)36/h9,11,14-15,20,31-32,35,37H,5-8,10H2,1-4H3,(H2,28,36)/t11-,14-,15?,20-,27-/m0/s1. The first kappa shape index (κ1) is 27.1. The number of aliphatic hydroxyl groups is 3. The number of nitrogens with zero attached hydrogens (tertiary/aromatic N) is 2. The number of phenolic OH excluding ortho intramolecular Hbond substituents is 1. The first-order chi connectivity index (χ1) is 18.4. The minimum absolute atomic E-state index is 0.00630. The van der Waals surface area contributed by atoms with Crippen molar-refractivity contribution in [2.45, 2.75) is 30.5 Å². The molecule has 1 heterocycles. The lowest BCUT2D eigenvalue weighted by molar-refractivity contribution is -0.153. The molecule has 12 heteroatoms. The molecule has 6 N–H and O–H groups in total. The van der Waals surface area contributed by atoms with Gasteiger partial charge in [-0.2, -0.15) is 0 Å². The van der Waals surface area contributed by atoms with Gasteiger partial charge in [0.05, 0.1) is 38.0 Å². The normalized spacial score (nSPS) is 31.2. The Labute approximate surface area is 224 Å². The zero-order valence-electron chi connectivity index (χ0n) is 22.2. The van der Waals surface area contributed by atoms with E-state index < -0.39 is 58.0 Å². The number of benzene rings is 1. The average molecular weight is 544 g/mol. The molecule has 0 bridgehead atoms. The predicted molar refractivity (Wildman–Crippen MR) is 137 cm³/mol. The van der Waals surface area contributed by atoms with E-state index in [0.29, 0.717) is 36.6 Å². The average Bonchev–Trinajstić information content (AvgIpc) is 2.86. The lowest BCUT2D eigenvalue weighted by atomic mass is 9.57. The van der Waals surface area contributed by atoms with Gasteiger partial charge in [-0.15, -0.1) is 0 Å². The Balaban J connectivity index is 1.71. The number of fused-ring (bicyclic) bond motifs is 3. The van der Waals surface area contributed by atoms with Gasteiger partial charge >= 0.3 is 0 Å². The number of primary amides is 1. The van der Waals surface area contributed by atoms with Crippen molar-refractivity contribution < 1.29 is 44.3 Å². The van der Waals surface area contributed by atoms with Crippen LogP contribution in [0.15, 0.2) is 23.0 Å². The highest BCUT2D eigenvalue weighted by molar-refractivity contribution is 6.24. The molecule has 210 valence electrons. The number of hydrogen-bond acceptors (Lipinski definition) is 11. The van der Waals surface area contributed by atoms with E-state index in [2.05, 4.69) is 4.90 Å². The lowest BCUT2D eigenvalue weighted by Crippen LogP contribution is -2.65. The van der Waals surface area contributed by atoms with Gasteiger partial charge in [0.2, 0.25) is 5.78 Å². The smallest absolute Gasteiger partial charge is 0.255 e. The summed E-state index contributed by atoms with van der Waals surface area (Å²) in [6.45, 7) is 1.61. The monoisotopic (exact) mass is 543 g/mol. The summed E-state index contributed by atoms with van der Waals surface area (Å²) in [5, 5.41) is 45.1. The number of carbonyl (C=O) groups is 3. The number of rotatable bonds is 4. The lowest BCUT2D eigenvalue weighted by Gasteiger charge is -2.50. The van der Waals surface area contributed by atoms with Gasteiger partial charge in [0.25, 0.3) is 5.91 Å². The number of methoxy groups -OCH3 is 1. The minimum Gasteiger partial charge on any atom is -0.508 e. The third kappa shape index (κ3) is 3.69. The summed E-state index contributed by atoms with van der Waals surface area (Å²) in [7, 11) is 6.53. The Morgan fingerprint density at radius 1 is 1.26 bits per heavy atom. The molecule has 3 aliphatic carbocycles. The first-order valence-electron chi connectivity index (χ1n) is 12.7. The van der Waals surface area contributed by atoms with Crippen LogP contribution in [0.25, 0.3) is 5.76 Å². The van der Waals surface area contributed by atoms with Crippen molar-refractivity contribution >= 4 is 23.2 Å². The molecule has 5 atom stereocenters. The number of ether oxygens (including phenoxy) is 2. The number of carbonyl (C=O) groups excluding carboxylic acids is 3. The summed E-state index contributed by atoms with van der Waals surface area (Å²) in [6.07, 6.45) is 0.156. The van der Waals surface area contributed by atoms with E-state index in [0.717, 1.165) is 0 Å². The van der Waals surface area contributed by atoms with E-state index in [9.17, 15) is 34.8 Å². The first-order valence-corrected chi connectivity index (χ1v) is 12.7. The van der Waals surface area contributed by atoms with Crippen LogP contribution in [0.4, 0.5) is 0 Å². The Morgan fingerprint density at radius 3 is 2.54 bits per heavy atom. The molecule has 2 fully saturated rings. The largest absolute Gasteiger partial charge is 0.508 e. The SMILES string of the molecule is COc1c(C2COCCN2C)cc(O)c2c1C[C@H]1C[C@H]3[C@H](N(C)C)C(=O)C(C(N)=O)=C(O)[C@@]3(O)C(=O)C1=C2O. The molecule has 0 radical (unpaired) electrons. The second-order valence-corrected chi connectivity index (χ2v) is 10.9. The van der Waals surface area contributed by atoms with Crippen molar-refractivity contribution in [1.82, 2.24) is 9.80 Å². The molecule has 1 unspecified atom stereocenters. The molecule has 1 aromatic rings. The van der Waals surface area contributed by atoms with Gasteiger partial charge in [-0.3, -0.25) is 24.2 Å². The number of aliphatic hydroxyl groups excluding tert-OH is 2. The molecule has 1 saturated carbocycles. The molecule has 0 spiro atoms. The Hall–Kier alpha value is -3.45. The van der Waals surface area contributed by atoms with Crippen LogP contribution in [-0.2, 0) is 25.5 Å². The fraction of sp³-hybridized carbons (Fsp3) is 0.519. The number of aromatic hydroxyl groups is 1. The van der Waals surface area contributed by atoms with Crippen LogP contribution in [0.3, 0.4) is 0 Å². The van der Waals surface area contributed by atoms with Gasteiger partial charge in [-0.05, 0) is 46.0 Å². The number of phenols is 1. The van der Waals surface area contributed by atoms with E-state index in [1.165, 1.54) is 18.1 Å². The second-order valence-electron chi connectivity index (χ2n) is 10.9. The number of hydrogen-bond donors (Lipinski definition) is 5. The third-order valence-corrected chi connectivity index (χ3v) is 8.66. The second kappa shape index (κ2) is 9.33. The summed E-state index contributed by atoms with van der Waals surface area (Å²) in [4.78, 5) is 42.8. The maximum Gasteiger partial charge on any atom is 0.255 e. The molecule has 1 aliphatic heterocycles. The Kier molecular flexibility index (Phi) is 6.49. The molecule has 12 nitrogen and oxygen atoms in total. The molecule has 1 saturated heterocycles. The highest BCUT2D eigenvalue weighted by atomic mass is 16.5. The van der Waals surface area contributed by atoms with Crippen LogP contribution in [0, 0.1) is 11.8 Å². The maximum absolute atomic E-state index is 13.9. The summed E-state index contributed by atoms with van der Waals surface area (Å²) >= 11 is 0. The minimum atomic E-state index is -2.67. The van der Waals surface area contributed by atoms with E-state index in [1.807, 2.05) is 7.05 Å². The van der Waals surface area contributed by atoms with E-state index in [1.54, 1.807) is 14.1 Å². The van der Waals surface area contributed by atoms with Crippen LogP contribution in [0.5, 0.6) is 11.5 Å². The molecule has 5 rings (SSSR count). The van der Waals surface area contributed by atoms with Crippen molar-refractivity contribution in [3.63, 3.8) is 0 Å². The van der Waals surface area contributed by atoms with Crippen LogP contribution in [0.1, 0.15) is 29.2 Å². The number of morpholine rings is 1. The Morgan fingerprint density at radius 2 is 1.95 bits per heavy atom. The quantitative estimate of drug-likeness (QED) is 0.322. The van der Waals surface area contributed by atoms with Crippen LogP contribution in [-0.4, -0.2) is 107 Å². The highest BCUT2D eigenvalue weighted by Crippen LogP contribution is 2.54. The zero-order valence-corrected chi connectivity index (χ0v) is 22.2. The van der Waals surface area contributed by atoms with Crippen LogP contribution in [0.2, 0.25) is 0 Å². The van der Waals surface area contributed by atoms with Gasteiger partial charge in [0.1, 0.15) is 28.6 Å². The van der Waals surface area contributed by atoms with Crippen LogP contribution >= 0.6 is 0 Å². The summed E-state index contributed by atoms with van der Waals surface area (Å²) < 4.78 is 11.4. The van der Waals surface area contributed by atoms with Gasteiger partial charge < -0.3 is 35.6 Å². The summed E-state index contributed by atoms with van der Waals surface area (Å²) in [5.41, 5.74) is 2.78.